The molecular formula is C8H9ClO2S. The van der Waals surface area contributed by atoms with Gasteiger partial charge in [0.25, 0.3) is 0 Å². The molecular weight excluding hydrogens is 196 g/mol. The lowest BCUT2D eigenvalue weighted by Gasteiger charge is -1.91. The zero-order valence-corrected chi connectivity index (χ0v) is 8.21. The highest BCUT2D eigenvalue weighted by atomic mass is 35.5. The third kappa shape index (κ3) is 1.79. The molecule has 1 rings (SSSR count). The number of aromatic carboxylic acids is 1. The molecule has 0 aliphatic rings. The van der Waals surface area contributed by atoms with Gasteiger partial charge in [-0.1, -0.05) is 6.92 Å². The first-order valence-corrected chi connectivity index (χ1v) is 4.95. The lowest BCUT2D eigenvalue weighted by Crippen LogP contribution is -1.95. The summed E-state index contributed by atoms with van der Waals surface area (Å²) >= 11 is 6.85. The molecule has 2 nitrogen and oxygen atoms in total. The highest BCUT2D eigenvalue weighted by molar-refractivity contribution is 7.14. The minimum absolute atomic E-state index is 0.394. The van der Waals surface area contributed by atoms with Crippen molar-refractivity contribution >= 4 is 28.9 Å². The van der Waals surface area contributed by atoms with Gasteiger partial charge >= 0.3 is 5.97 Å². The summed E-state index contributed by atoms with van der Waals surface area (Å²) in [7, 11) is 0. The number of thiophene rings is 1. The fourth-order valence-electron chi connectivity index (χ4n) is 0.995. The Morgan fingerprint density at radius 3 is 2.75 bits per heavy atom. The third-order valence-corrected chi connectivity index (χ3v) is 3.18. The summed E-state index contributed by atoms with van der Waals surface area (Å²) in [5.74, 6) is -0.460. The van der Waals surface area contributed by atoms with Crippen molar-refractivity contribution in [2.45, 2.75) is 19.2 Å². The van der Waals surface area contributed by atoms with Crippen LogP contribution in [0.2, 0.25) is 0 Å². The maximum atomic E-state index is 10.7. The first kappa shape index (κ1) is 9.55. The van der Waals surface area contributed by atoms with Crippen LogP contribution >= 0.6 is 22.9 Å². The molecule has 0 unspecified atom stereocenters. The van der Waals surface area contributed by atoms with Gasteiger partial charge in [0.1, 0.15) is 4.88 Å². The maximum absolute atomic E-state index is 10.7. The average Bonchev–Trinajstić information content (AvgIpc) is 2.47. The van der Waals surface area contributed by atoms with Crippen molar-refractivity contribution in [2.75, 3.05) is 0 Å². The Labute approximate surface area is 79.8 Å². The van der Waals surface area contributed by atoms with Crippen molar-refractivity contribution in [3.63, 3.8) is 0 Å². The van der Waals surface area contributed by atoms with Gasteiger partial charge in [0.05, 0.1) is 5.88 Å². The standard InChI is InChI=1S/C8H9ClO2S/c1-2-5-3-6(4-9)12-7(5)8(10)11/h3H,2,4H2,1H3,(H,10,11). The topological polar surface area (TPSA) is 37.3 Å². The van der Waals surface area contributed by atoms with Crippen molar-refractivity contribution in [2.24, 2.45) is 0 Å². The molecule has 0 radical (unpaired) electrons. The van der Waals surface area contributed by atoms with Crippen LogP contribution in [0.3, 0.4) is 0 Å². The van der Waals surface area contributed by atoms with Crippen molar-refractivity contribution < 1.29 is 9.90 Å². The Kier molecular flexibility index (Phi) is 3.12. The van der Waals surface area contributed by atoms with E-state index in [4.69, 9.17) is 16.7 Å². The summed E-state index contributed by atoms with van der Waals surface area (Å²) in [6, 6.07) is 1.86. The minimum atomic E-state index is -0.854. The molecule has 0 aliphatic carbocycles. The van der Waals surface area contributed by atoms with Crippen LogP contribution in [0.5, 0.6) is 0 Å². The fourth-order valence-corrected chi connectivity index (χ4v) is 2.18. The van der Waals surface area contributed by atoms with Gasteiger partial charge in [0, 0.05) is 4.88 Å². The Hall–Kier alpha value is -0.540. The van der Waals surface area contributed by atoms with E-state index in [1.807, 2.05) is 13.0 Å². The summed E-state index contributed by atoms with van der Waals surface area (Å²) < 4.78 is 0. The van der Waals surface area contributed by atoms with Gasteiger partial charge < -0.3 is 5.11 Å². The van der Waals surface area contributed by atoms with E-state index in [2.05, 4.69) is 0 Å². The Balaban J connectivity index is 3.08. The van der Waals surface area contributed by atoms with Gasteiger partial charge in [0.15, 0.2) is 0 Å². The molecule has 1 N–H and O–H groups in total. The molecule has 0 spiro atoms. The first-order chi connectivity index (χ1) is 5.69. The molecule has 0 aliphatic heterocycles. The molecule has 0 aromatic carbocycles. The minimum Gasteiger partial charge on any atom is -0.477 e. The van der Waals surface area contributed by atoms with E-state index in [1.165, 1.54) is 11.3 Å². The fraction of sp³-hybridized carbons (Fsp3) is 0.375. The molecule has 1 aromatic rings. The van der Waals surface area contributed by atoms with E-state index in [1.54, 1.807) is 0 Å². The smallest absolute Gasteiger partial charge is 0.346 e. The Morgan fingerprint density at radius 2 is 2.42 bits per heavy atom. The van der Waals surface area contributed by atoms with Crippen molar-refractivity contribution in [3.8, 4) is 0 Å². The average molecular weight is 205 g/mol. The number of halogens is 1. The number of rotatable bonds is 3. The number of alkyl halides is 1. The SMILES string of the molecule is CCc1cc(CCl)sc1C(=O)O. The number of carboxylic acid groups (broad SMARTS) is 1. The van der Waals surface area contributed by atoms with Crippen LogP contribution in [-0.4, -0.2) is 11.1 Å². The number of carboxylic acids is 1. The van der Waals surface area contributed by atoms with Gasteiger partial charge in [-0.25, -0.2) is 4.79 Å². The van der Waals surface area contributed by atoms with Crippen LogP contribution in [-0.2, 0) is 12.3 Å². The summed E-state index contributed by atoms with van der Waals surface area (Å²) in [4.78, 5) is 12.0. The summed E-state index contributed by atoms with van der Waals surface area (Å²) in [5.41, 5.74) is 0.878. The quantitative estimate of drug-likeness (QED) is 0.769. The molecule has 12 heavy (non-hydrogen) atoms. The Bertz CT molecular complexity index is 293. The second kappa shape index (κ2) is 3.92. The number of hydrogen-bond donors (Lipinski definition) is 1. The Morgan fingerprint density at radius 1 is 1.75 bits per heavy atom. The van der Waals surface area contributed by atoms with Gasteiger partial charge in [-0.3, -0.25) is 0 Å². The van der Waals surface area contributed by atoms with E-state index in [0.717, 1.165) is 16.9 Å². The molecule has 0 fully saturated rings. The molecule has 0 atom stereocenters. The van der Waals surface area contributed by atoms with Gasteiger partial charge in [-0.15, -0.1) is 22.9 Å². The molecule has 1 heterocycles. The number of hydrogen-bond acceptors (Lipinski definition) is 2. The van der Waals surface area contributed by atoms with E-state index >= 15 is 0 Å². The second-order valence-corrected chi connectivity index (χ2v) is 3.76. The van der Waals surface area contributed by atoms with Crippen molar-refractivity contribution in [3.05, 3.63) is 21.4 Å². The van der Waals surface area contributed by atoms with Gasteiger partial charge in [0.2, 0.25) is 0 Å². The maximum Gasteiger partial charge on any atom is 0.346 e. The van der Waals surface area contributed by atoms with Crippen molar-refractivity contribution in [1.82, 2.24) is 0 Å². The molecule has 4 heteroatoms. The summed E-state index contributed by atoms with van der Waals surface area (Å²) in [5, 5.41) is 8.77. The number of aryl methyl sites for hydroxylation is 1. The second-order valence-electron chi connectivity index (χ2n) is 2.36. The summed E-state index contributed by atoms with van der Waals surface area (Å²) in [6.45, 7) is 1.94. The predicted molar refractivity (Wildman–Crippen MR) is 50.2 cm³/mol. The van der Waals surface area contributed by atoms with Crippen LogP contribution < -0.4 is 0 Å². The lowest BCUT2D eigenvalue weighted by molar-refractivity contribution is 0.0701. The van der Waals surface area contributed by atoms with Crippen LogP contribution in [0.15, 0.2) is 6.07 Å². The highest BCUT2D eigenvalue weighted by Crippen LogP contribution is 2.24. The van der Waals surface area contributed by atoms with Crippen LogP contribution in [0.1, 0.15) is 27.0 Å². The van der Waals surface area contributed by atoms with E-state index in [0.29, 0.717) is 10.8 Å². The lowest BCUT2D eigenvalue weighted by atomic mass is 10.2. The zero-order chi connectivity index (χ0) is 9.14. The monoisotopic (exact) mass is 204 g/mol. The largest absolute Gasteiger partial charge is 0.477 e. The first-order valence-electron chi connectivity index (χ1n) is 3.59. The normalized spacial score (nSPS) is 10.2. The van der Waals surface area contributed by atoms with Crippen LogP contribution in [0, 0.1) is 0 Å². The van der Waals surface area contributed by atoms with Crippen LogP contribution in [0.25, 0.3) is 0 Å². The molecule has 66 valence electrons. The summed E-state index contributed by atoms with van der Waals surface area (Å²) in [6.07, 6.45) is 0.745. The molecule has 1 aromatic heterocycles. The van der Waals surface area contributed by atoms with Gasteiger partial charge in [-0.2, -0.15) is 0 Å². The molecule has 0 bridgehead atoms. The van der Waals surface area contributed by atoms with Crippen molar-refractivity contribution in [1.29, 1.82) is 0 Å². The third-order valence-electron chi connectivity index (χ3n) is 1.57. The van der Waals surface area contributed by atoms with E-state index < -0.39 is 5.97 Å². The predicted octanol–water partition coefficient (Wildman–Crippen LogP) is 2.75. The zero-order valence-electron chi connectivity index (χ0n) is 6.63. The number of carbonyl (C=O) groups is 1. The van der Waals surface area contributed by atoms with E-state index in [9.17, 15) is 4.79 Å². The van der Waals surface area contributed by atoms with Gasteiger partial charge in [-0.05, 0) is 18.1 Å². The van der Waals surface area contributed by atoms with Crippen LogP contribution in [0.4, 0.5) is 0 Å². The van der Waals surface area contributed by atoms with E-state index in [-0.39, 0.29) is 0 Å². The molecule has 0 saturated carbocycles. The molecule has 0 saturated heterocycles. The molecule has 0 amide bonds. The highest BCUT2D eigenvalue weighted by Gasteiger charge is 2.12.